The van der Waals surface area contributed by atoms with Crippen molar-refractivity contribution in [3.8, 4) is 22.4 Å². The maximum atomic E-state index is 13.5. The number of pyridine rings is 1. The van der Waals surface area contributed by atoms with Crippen molar-refractivity contribution in [2.24, 2.45) is 0 Å². The van der Waals surface area contributed by atoms with E-state index in [0.717, 1.165) is 18.6 Å². The molecule has 0 spiro atoms. The predicted molar refractivity (Wildman–Crippen MR) is 163 cm³/mol. The van der Waals surface area contributed by atoms with Crippen LogP contribution in [-0.4, -0.2) is 87.5 Å². The average Bonchev–Trinajstić information content (AvgIpc) is 3.03. The van der Waals surface area contributed by atoms with Gasteiger partial charge in [0.1, 0.15) is 11.7 Å². The molecule has 4 rings (SSSR count). The van der Waals surface area contributed by atoms with Crippen molar-refractivity contribution in [3.63, 3.8) is 0 Å². The number of nitrogens with one attached hydrogen (secondary N) is 1. The van der Waals surface area contributed by atoms with Crippen LogP contribution in [0.1, 0.15) is 35.8 Å². The number of hydrogen-bond donors (Lipinski definition) is 3. The minimum absolute atomic E-state index is 0.0384. The van der Waals surface area contributed by atoms with Crippen LogP contribution in [0.4, 0.5) is 18.0 Å². The minimum Gasteiger partial charge on any atom is -0.449 e. The molecule has 0 aliphatic carbocycles. The summed E-state index contributed by atoms with van der Waals surface area (Å²) in [5, 5.41) is 2.38. The second-order valence-corrected chi connectivity index (χ2v) is 12.4. The van der Waals surface area contributed by atoms with Crippen LogP contribution in [0.25, 0.3) is 22.4 Å². The lowest BCUT2D eigenvalue weighted by atomic mass is 10.0. The summed E-state index contributed by atoms with van der Waals surface area (Å²) in [5.74, 6) is -1.73. The number of nitrogens with zero attached hydrogens (tertiary/aromatic N) is 3. The highest BCUT2D eigenvalue weighted by atomic mass is 31.2. The van der Waals surface area contributed by atoms with E-state index in [2.05, 4.69) is 10.3 Å². The molecule has 3 amide bonds. The number of halogens is 3. The van der Waals surface area contributed by atoms with Crippen LogP contribution in [-0.2, 0) is 20.3 Å². The van der Waals surface area contributed by atoms with E-state index in [0.29, 0.717) is 17.5 Å². The largest absolute Gasteiger partial charge is 0.449 e. The standard InChI is InChI=1S/C31H34F3N4O7P/c1-2-3-16-45-30(41)38-14-12-37(13-15-38)29(40)27(20-46(42,43)44)36-28(39)26-19-23(21-8-5-4-6-9-21)18-25(35-26)22-10-7-11-24(17-22)31(32,33)34/h4-11,17-19,27H,2-3,12-16,20H2,1H3,(H,36,39)(H2,42,43,44)/t27-/m0/s1. The van der Waals surface area contributed by atoms with Gasteiger partial charge < -0.3 is 29.6 Å². The van der Waals surface area contributed by atoms with E-state index in [1.165, 1.54) is 34.1 Å². The minimum atomic E-state index is -4.83. The fourth-order valence-electron chi connectivity index (χ4n) is 4.83. The molecule has 1 atom stereocenters. The molecule has 1 fully saturated rings. The van der Waals surface area contributed by atoms with Crippen LogP contribution in [0.5, 0.6) is 0 Å². The first-order chi connectivity index (χ1) is 21.7. The number of aromatic nitrogens is 1. The smallest absolute Gasteiger partial charge is 0.416 e. The van der Waals surface area contributed by atoms with Crippen molar-refractivity contribution in [3.05, 3.63) is 78.0 Å². The molecule has 2 aromatic carbocycles. The fraction of sp³-hybridized carbons (Fsp3) is 0.355. The Morgan fingerprint density at radius 1 is 0.935 bits per heavy atom. The van der Waals surface area contributed by atoms with Crippen molar-refractivity contribution in [2.75, 3.05) is 38.9 Å². The van der Waals surface area contributed by atoms with Gasteiger partial charge in [-0.1, -0.05) is 55.8 Å². The summed E-state index contributed by atoms with van der Waals surface area (Å²) in [5.41, 5.74) is -0.0106. The summed E-state index contributed by atoms with van der Waals surface area (Å²) in [6, 6.07) is 14.4. The third-order valence-corrected chi connectivity index (χ3v) is 8.09. The SMILES string of the molecule is CCCCOC(=O)N1CCN(C(=O)[C@H](CP(=O)(O)O)NC(=O)c2cc(-c3ccccc3)cc(-c3cccc(C(F)(F)F)c3)n2)CC1. The third kappa shape index (κ3) is 9.38. The van der Waals surface area contributed by atoms with Gasteiger partial charge in [0.05, 0.1) is 24.0 Å². The molecule has 15 heteroatoms. The molecule has 46 heavy (non-hydrogen) atoms. The van der Waals surface area contributed by atoms with E-state index in [9.17, 15) is 41.9 Å². The number of ether oxygens (including phenoxy) is 1. The van der Waals surface area contributed by atoms with E-state index in [4.69, 9.17) is 4.74 Å². The molecule has 1 saturated heterocycles. The Hall–Kier alpha value is -4.26. The lowest BCUT2D eigenvalue weighted by Gasteiger charge is -2.36. The monoisotopic (exact) mass is 662 g/mol. The second-order valence-electron chi connectivity index (χ2n) is 10.7. The molecule has 0 saturated carbocycles. The number of rotatable bonds is 10. The Kier molecular flexibility index (Phi) is 11.2. The first-order valence-corrected chi connectivity index (χ1v) is 16.4. The Morgan fingerprint density at radius 2 is 1.59 bits per heavy atom. The van der Waals surface area contributed by atoms with Crippen LogP contribution in [0.15, 0.2) is 66.7 Å². The zero-order valence-electron chi connectivity index (χ0n) is 24.9. The molecular formula is C31H34F3N4O7P. The van der Waals surface area contributed by atoms with Crippen LogP contribution >= 0.6 is 7.60 Å². The molecule has 1 aliphatic heterocycles. The molecule has 1 aliphatic rings. The maximum Gasteiger partial charge on any atom is 0.416 e. The first-order valence-electron chi connectivity index (χ1n) is 14.6. The van der Waals surface area contributed by atoms with Gasteiger partial charge in [0.25, 0.3) is 5.91 Å². The highest BCUT2D eigenvalue weighted by molar-refractivity contribution is 7.51. The zero-order valence-corrected chi connectivity index (χ0v) is 25.8. The summed E-state index contributed by atoms with van der Waals surface area (Å²) in [4.78, 5) is 65.7. The van der Waals surface area contributed by atoms with Gasteiger partial charge in [-0.15, -0.1) is 0 Å². The third-order valence-electron chi connectivity index (χ3n) is 7.25. The molecule has 246 valence electrons. The van der Waals surface area contributed by atoms with Crippen molar-refractivity contribution in [1.82, 2.24) is 20.1 Å². The number of unbranched alkanes of at least 4 members (excludes halogenated alkanes) is 1. The number of carbonyl (C=O) groups excluding carboxylic acids is 3. The Bertz CT molecular complexity index is 1590. The highest BCUT2D eigenvalue weighted by Crippen LogP contribution is 2.36. The number of hydrogen-bond acceptors (Lipinski definition) is 6. The maximum absolute atomic E-state index is 13.5. The molecule has 0 radical (unpaired) electrons. The van der Waals surface area contributed by atoms with Crippen molar-refractivity contribution in [1.29, 1.82) is 0 Å². The van der Waals surface area contributed by atoms with Crippen LogP contribution < -0.4 is 5.32 Å². The molecule has 11 nitrogen and oxygen atoms in total. The predicted octanol–water partition coefficient (Wildman–Crippen LogP) is 4.79. The number of piperazine rings is 1. The molecule has 1 aromatic heterocycles. The summed E-state index contributed by atoms with van der Waals surface area (Å²) in [6.45, 7) is 2.53. The van der Waals surface area contributed by atoms with Gasteiger partial charge in [-0.25, -0.2) is 9.78 Å². The summed E-state index contributed by atoms with van der Waals surface area (Å²) in [7, 11) is -4.83. The number of alkyl halides is 3. The Balaban J connectivity index is 1.60. The van der Waals surface area contributed by atoms with Gasteiger partial charge in [-0.2, -0.15) is 13.2 Å². The van der Waals surface area contributed by atoms with E-state index < -0.39 is 49.4 Å². The lowest BCUT2D eigenvalue weighted by Crippen LogP contribution is -2.56. The van der Waals surface area contributed by atoms with Gasteiger partial charge in [0.2, 0.25) is 5.91 Å². The average molecular weight is 663 g/mol. The van der Waals surface area contributed by atoms with Crippen LogP contribution in [0.3, 0.4) is 0 Å². The summed E-state index contributed by atoms with van der Waals surface area (Å²) in [6.07, 6.45) is -4.60. The molecule has 0 bridgehead atoms. The zero-order chi connectivity index (χ0) is 33.5. The van der Waals surface area contributed by atoms with Gasteiger partial charge in [-0.05, 0) is 41.8 Å². The molecule has 0 unspecified atom stereocenters. The lowest BCUT2D eigenvalue weighted by molar-refractivity contribution is -0.137. The van der Waals surface area contributed by atoms with Gasteiger partial charge >= 0.3 is 19.9 Å². The summed E-state index contributed by atoms with van der Waals surface area (Å²) >= 11 is 0. The number of amides is 3. The van der Waals surface area contributed by atoms with Crippen LogP contribution in [0.2, 0.25) is 0 Å². The quantitative estimate of drug-likeness (QED) is 0.207. The van der Waals surface area contributed by atoms with Crippen molar-refractivity contribution in [2.45, 2.75) is 32.0 Å². The highest BCUT2D eigenvalue weighted by Gasteiger charge is 2.35. The van der Waals surface area contributed by atoms with Gasteiger partial charge in [0.15, 0.2) is 0 Å². The Labute approximate surface area is 263 Å². The fourth-order valence-corrected chi connectivity index (χ4v) is 5.55. The van der Waals surface area contributed by atoms with Crippen molar-refractivity contribution < 1.29 is 46.6 Å². The van der Waals surface area contributed by atoms with E-state index in [1.54, 1.807) is 30.3 Å². The van der Waals surface area contributed by atoms with E-state index in [-0.39, 0.29) is 49.7 Å². The molecule has 3 aromatic rings. The first kappa shape index (κ1) is 34.6. The Morgan fingerprint density at radius 3 is 2.22 bits per heavy atom. The number of benzene rings is 2. The second kappa shape index (κ2) is 14.9. The molecular weight excluding hydrogens is 628 g/mol. The van der Waals surface area contributed by atoms with Gasteiger partial charge in [0, 0.05) is 31.7 Å². The molecule has 2 heterocycles. The van der Waals surface area contributed by atoms with Gasteiger partial charge in [-0.3, -0.25) is 14.2 Å². The van der Waals surface area contributed by atoms with Crippen molar-refractivity contribution >= 4 is 25.5 Å². The van der Waals surface area contributed by atoms with E-state index in [1.807, 2.05) is 6.92 Å². The number of carbonyl (C=O) groups is 3. The van der Waals surface area contributed by atoms with E-state index >= 15 is 0 Å². The molecule has 3 N–H and O–H groups in total. The topological polar surface area (TPSA) is 149 Å². The summed E-state index contributed by atoms with van der Waals surface area (Å²) < 4.78 is 57.6. The normalized spacial score (nSPS) is 14.5. The van der Waals surface area contributed by atoms with Crippen LogP contribution in [0, 0.1) is 0 Å².